The summed E-state index contributed by atoms with van der Waals surface area (Å²) in [6, 6.07) is 0. The number of nitrogens with zero attached hydrogens (tertiary/aromatic N) is 1. The first-order valence-electron chi connectivity index (χ1n) is 5.31. The molecule has 0 amide bonds. The Labute approximate surface area is 85.3 Å². The molecule has 1 saturated heterocycles. The highest BCUT2D eigenvalue weighted by atomic mass is 16.4. The molecule has 0 atom stereocenters. The van der Waals surface area contributed by atoms with Crippen molar-refractivity contribution in [2.24, 2.45) is 5.92 Å². The van der Waals surface area contributed by atoms with Gasteiger partial charge in [0.15, 0.2) is 0 Å². The molecule has 4 heteroatoms. The molecule has 1 rings (SSSR count). The smallest absolute Gasteiger partial charge is 0.317 e. The zero-order chi connectivity index (χ0) is 10.4. The van der Waals surface area contributed by atoms with E-state index in [9.17, 15) is 4.79 Å². The summed E-state index contributed by atoms with van der Waals surface area (Å²) in [7, 11) is 1.97. The summed E-state index contributed by atoms with van der Waals surface area (Å²) in [4.78, 5) is 12.5. The minimum Gasteiger partial charge on any atom is -0.480 e. The van der Waals surface area contributed by atoms with Gasteiger partial charge in [-0.15, -0.1) is 0 Å². The molecule has 1 aliphatic heterocycles. The Morgan fingerprint density at radius 1 is 1.50 bits per heavy atom. The van der Waals surface area contributed by atoms with E-state index in [0.29, 0.717) is 0 Å². The molecule has 2 N–H and O–H groups in total. The van der Waals surface area contributed by atoms with E-state index in [0.717, 1.165) is 38.4 Å². The maximum atomic E-state index is 10.5. The maximum absolute atomic E-state index is 10.5. The summed E-state index contributed by atoms with van der Waals surface area (Å²) >= 11 is 0. The molecule has 14 heavy (non-hydrogen) atoms. The third-order valence-electron chi connectivity index (χ3n) is 2.87. The van der Waals surface area contributed by atoms with E-state index in [1.54, 1.807) is 0 Å². The van der Waals surface area contributed by atoms with Gasteiger partial charge >= 0.3 is 5.97 Å². The lowest BCUT2D eigenvalue weighted by Crippen LogP contribution is -2.37. The van der Waals surface area contributed by atoms with Gasteiger partial charge in [0.25, 0.3) is 0 Å². The van der Waals surface area contributed by atoms with E-state index in [-0.39, 0.29) is 6.54 Å². The Hall–Kier alpha value is -0.610. The molecule has 82 valence electrons. The van der Waals surface area contributed by atoms with Gasteiger partial charge in [0.2, 0.25) is 0 Å². The topological polar surface area (TPSA) is 52.6 Å². The Morgan fingerprint density at radius 3 is 2.64 bits per heavy atom. The molecule has 0 bridgehead atoms. The van der Waals surface area contributed by atoms with Gasteiger partial charge in [0.05, 0.1) is 6.54 Å². The highest BCUT2D eigenvalue weighted by Crippen LogP contribution is 2.19. The van der Waals surface area contributed by atoms with Gasteiger partial charge in [-0.05, 0) is 51.9 Å². The van der Waals surface area contributed by atoms with Crippen LogP contribution in [0.1, 0.15) is 19.3 Å². The van der Waals surface area contributed by atoms with Crippen LogP contribution in [-0.4, -0.2) is 49.2 Å². The zero-order valence-electron chi connectivity index (χ0n) is 8.83. The molecule has 0 aromatic carbocycles. The molecular formula is C10H20N2O2. The number of carboxylic acid groups (broad SMARTS) is 1. The molecule has 0 aromatic rings. The van der Waals surface area contributed by atoms with Crippen LogP contribution in [0.4, 0.5) is 0 Å². The number of nitrogens with one attached hydrogen (secondary N) is 1. The Morgan fingerprint density at radius 2 is 2.14 bits per heavy atom. The van der Waals surface area contributed by atoms with Crippen molar-refractivity contribution in [2.45, 2.75) is 19.3 Å². The van der Waals surface area contributed by atoms with Gasteiger partial charge in [0, 0.05) is 0 Å². The lowest BCUT2D eigenvalue weighted by molar-refractivity contribution is -0.138. The fraction of sp³-hybridized carbons (Fsp3) is 0.900. The molecule has 0 unspecified atom stereocenters. The number of hydrogen-bond acceptors (Lipinski definition) is 3. The van der Waals surface area contributed by atoms with Crippen molar-refractivity contribution < 1.29 is 9.90 Å². The van der Waals surface area contributed by atoms with Gasteiger partial charge < -0.3 is 10.4 Å². The number of likely N-dealkylation sites (tertiary alicyclic amines) is 1. The van der Waals surface area contributed by atoms with Crippen molar-refractivity contribution in [2.75, 3.05) is 33.2 Å². The lowest BCUT2D eigenvalue weighted by Gasteiger charge is -2.30. The average molecular weight is 200 g/mol. The molecule has 0 spiro atoms. The number of carboxylic acids is 1. The van der Waals surface area contributed by atoms with Crippen molar-refractivity contribution in [3.05, 3.63) is 0 Å². The normalized spacial score (nSPS) is 19.8. The van der Waals surface area contributed by atoms with Crippen LogP contribution in [0.25, 0.3) is 0 Å². The van der Waals surface area contributed by atoms with Crippen molar-refractivity contribution in [1.82, 2.24) is 10.2 Å². The highest BCUT2D eigenvalue weighted by Gasteiger charge is 2.19. The van der Waals surface area contributed by atoms with Crippen LogP contribution in [0, 0.1) is 5.92 Å². The minimum atomic E-state index is -0.710. The van der Waals surface area contributed by atoms with Gasteiger partial charge in [-0.3, -0.25) is 9.69 Å². The summed E-state index contributed by atoms with van der Waals surface area (Å²) in [6.07, 6.45) is 3.52. The zero-order valence-corrected chi connectivity index (χ0v) is 8.83. The number of rotatable bonds is 5. The second-order valence-electron chi connectivity index (χ2n) is 4.01. The molecule has 1 heterocycles. The monoisotopic (exact) mass is 200 g/mol. The van der Waals surface area contributed by atoms with Gasteiger partial charge in [-0.1, -0.05) is 0 Å². The molecule has 4 nitrogen and oxygen atoms in total. The Balaban J connectivity index is 2.14. The summed E-state index contributed by atoms with van der Waals surface area (Å²) in [6.45, 7) is 3.17. The van der Waals surface area contributed by atoms with E-state index in [4.69, 9.17) is 5.11 Å². The van der Waals surface area contributed by atoms with Crippen LogP contribution in [0.2, 0.25) is 0 Å². The summed E-state index contributed by atoms with van der Waals surface area (Å²) in [5.74, 6) is 0.0752. The van der Waals surface area contributed by atoms with Crippen LogP contribution in [0.5, 0.6) is 0 Å². The van der Waals surface area contributed by atoms with Crippen molar-refractivity contribution in [3.8, 4) is 0 Å². The van der Waals surface area contributed by atoms with Crippen molar-refractivity contribution in [3.63, 3.8) is 0 Å². The lowest BCUT2D eigenvalue weighted by atomic mass is 9.93. The molecular weight excluding hydrogens is 180 g/mol. The van der Waals surface area contributed by atoms with Crippen LogP contribution in [0.3, 0.4) is 0 Å². The summed E-state index contributed by atoms with van der Waals surface area (Å²) in [5, 5.41) is 11.8. The predicted octanol–water partition coefficient (Wildman–Crippen LogP) is 0.393. The number of aliphatic carboxylic acids is 1. The molecule has 1 fully saturated rings. The van der Waals surface area contributed by atoms with Crippen LogP contribution >= 0.6 is 0 Å². The Kier molecular flexibility index (Phi) is 4.90. The third kappa shape index (κ3) is 4.07. The van der Waals surface area contributed by atoms with E-state index in [2.05, 4.69) is 5.32 Å². The molecule has 0 radical (unpaired) electrons. The fourth-order valence-electron chi connectivity index (χ4n) is 1.97. The van der Waals surface area contributed by atoms with E-state index >= 15 is 0 Å². The second kappa shape index (κ2) is 5.98. The minimum absolute atomic E-state index is 0.207. The maximum Gasteiger partial charge on any atom is 0.317 e. The first-order valence-corrected chi connectivity index (χ1v) is 5.31. The first kappa shape index (κ1) is 11.5. The second-order valence-corrected chi connectivity index (χ2v) is 4.01. The number of hydrogen-bond donors (Lipinski definition) is 2. The molecule has 0 saturated carbocycles. The number of carbonyl (C=O) groups is 1. The van der Waals surface area contributed by atoms with Gasteiger partial charge in [-0.25, -0.2) is 0 Å². The third-order valence-corrected chi connectivity index (χ3v) is 2.87. The van der Waals surface area contributed by atoms with Crippen molar-refractivity contribution in [1.29, 1.82) is 0 Å². The fourth-order valence-corrected chi connectivity index (χ4v) is 1.97. The highest BCUT2D eigenvalue weighted by molar-refractivity contribution is 5.69. The quantitative estimate of drug-likeness (QED) is 0.674. The van der Waals surface area contributed by atoms with Crippen LogP contribution < -0.4 is 5.32 Å². The standard InChI is InChI=1S/C10H20N2O2/c1-11-5-2-9-3-6-12(7-4-9)8-10(13)14/h9,11H,2-8H2,1H3,(H,13,14). The predicted molar refractivity (Wildman–Crippen MR) is 55.3 cm³/mol. The Bertz CT molecular complexity index is 177. The molecule has 1 aliphatic rings. The average Bonchev–Trinajstić information content (AvgIpc) is 2.16. The van der Waals surface area contributed by atoms with Crippen LogP contribution in [0.15, 0.2) is 0 Å². The molecule has 0 aromatic heterocycles. The van der Waals surface area contributed by atoms with Gasteiger partial charge in [0.1, 0.15) is 0 Å². The van der Waals surface area contributed by atoms with E-state index in [1.165, 1.54) is 6.42 Å². The SMILES string of the molecule is CNCCC1CCN(CC(=O)O)CC1. The number of piperidine rings is 1. The first-order chi connectivity index (χ1) is 6.72. The summed E-state index contributed by atoms with van der Waals surface area (Å²) < 4.78 is 0. The van der Waals surface area contributed by atoms with Gasteiger partial charge in [-0.2, -0.15) is 0 Å². The summed E-state index contributed by atoms with van der Waals surface area (Å²) in [5.41, 5.74) is 0. The van der Waals surface area contributed by atoms with E-state index < -0.39 is 5.97 Å². The molecule has 0 aliphatic carbocycles. The van der Waals surface area contributed by atoms with Crippen molar-refractivity contribution >= 4 is 5.97 Å². The van der Waals surface area contributed by atoms with Crippen LogP contribution in [-0.2, 0) is 4.79 Å². The van der Waals surface area contributed by atoms with E-state index in [1.807, 2.05) is 11.9 Å². The largest absolute Gasteiger partial charge is 0.480 e.